The first kappa shape index (κ1) is 13.1. The normalized spacial score (nSPS) is 25.0. The molecule has 1 aliphatic heterocycles. The van der Waals surface area contributed by atoms with Gasteiger partial charge in [0.15, 0.2) is 5.78 Å². The van der Waals surface area contributed by atoms with Gasteiger partial charge in [-0.05, 0) is 56.5 Å². The van der Waals surface area contributed by atoms with Crippen LogP contribution >= 0.6 is 11.6 Å². The molecule has 1 aromatic rings. The number of likely N-dealkylation sites (tertiary alicyclic amines) is 1. The minimum Gasteiger partial charge on any atom is -0.300 e. The summed E-state index contributed by atoms with van der Waals surface area (Å²) in [6.45, 7) is 2.13. The number of Topliss-reactive ketones (excluding diaryl/α,β-unsaturated/α-hetero) is 1. The van der Waals surface area contributed by atoms with Gasteiger partial charge in [-0.15, -0.1) is 0 Å². The molecule has 2 aliphatic rings. The van der Waals surface area contributed by atoms with Crippen molar-refractivity contribution in [1.29, 1.82) is 0 Å². The van der Waals surface area contributed by atoms with Crippen LogP contribution in [0.15, 0.2) is 24.3 Å². The van der Waals surface area contributed by atoms with Gasteiger partial charge in [0.2, 0.25) is 0 Å². The first-order valence-electron chi connectivity index (χ1n) is 7.28. The summed E-state index contributed by atoms with van der Waals surface area (Å²) in [7, 11) is 0. The van der Waals surface area contributed by atoms with E-state index < -0.39 is 0 Å². The van der Waals surface area contributed by atoms with E-state index in [0.29, 0.717) is 10.8 Å². The average Bonchev–Trinajstić information content (AvgIpc) is 2.37. The van der Waals surface area contributed by atoms with E-state index in [4.69, 9.17) is 11.6 Å². The maximum Gasteiger partial charge on any atom is 0.167 e. The number of rotatable bonds is 3. The molecule has 1 unspecified atom stereocenters. The molecule has 2 fully saturated rings. The van der Waals surface area contributed by atoms with Crippen molar-refractivity contribution in [3.8, 4) is 0 Å². The second-order valence-corrected chi connectivity index (χ2v) is 6.23. The van der Waals surface area contributed by atoms with Crippen molar-refractivity contribution in [2.24, 2.45) is 5.92 Å². The Morgan fingerprint density at radius 2 is 1.84 bits per heavy atom. The standard InChI is InChI=1S/C16H20ClNO/c17-14-8-6-12(7-9-14)16(19)13-3-2-10-18(11-13)15-4-1-5-15/h6-9,13,15H,1-5,10-11H2. The van der Waals surface area contributed by atoms with Gasteiger partial charge in [-0.1, -0.05) is 18.0 Å². The Balaban J connectivity index is 1.67. The summed E-state index contributed by atoms with van der Waals surface area (Å²) in [5.74, 6) is 0.469. The molecule has 2 nitrogen and oxygen atoms in total. The van der Waals surface area contributed by atoms with Crippen LogP contribution in [0.4, 0.5) is 0 Å². The monoisotopic (exact) mass is 277 g/mol. The fourth-order valence-corrected chi connectivity index (χ4v) is 3.28. The average molecular weight is 278 g/mol. The lowest BCUT2D eigenvalue weighted by atomic mass is 9.85. The maximum absolute atomic E-state index is 12.5. The van der Waals surface area contributed by atoms with Gasteiger partial charge < -0.3 is 0 Å². The van der Waals surface area contributed by atoms with Crippen LogP contribution in [-0.4, -0.2) is 29.8 Å². The Labute approximate surface area is 119 Å². The Morgan fingerprint density at radius 3 is 2.47 bits per heavy atom. The molecule has 3 heteroatoms. The number of nitrogens with zero attached hydrogens (tertiary/aromatic N) is 1. The highest BCUT2D eigenvalue weighted by atomic mass is 35.5. The van der Waals surface area contributed by atoms with E-state index in [1.165, 1.54) is 25.8 Å². The predicted molar refractivity (Wildman–Crippen MR) is 77.7 cm³/mol. The van der Waals surface area contributed by atoms with Crippen molar-refractivity contribution in [1.82, 2.24) is 4.90 Å². The number of carbonyl (C=O) groups is 1. The zero-order chi connectivity index (χ0) is 13.2. The van der Waals surface area contributed by atoms with Crippen molar-refractivity contribution >= 4 is 17.4 Å². The maximum atomic E-state index is 12.5. The minimum absolute atomic E-state index is 0.176. The number of hydrogen-bond acceptors (Lipinski definition) is 2. The van der Waals surface area contributed by atoms with Gasteiger partial charge in [0.25, 0.3) is 0 Å². The van der Waals surface area contributed by atoms with Crippen LogP contribution in [0.3, 0.4) is 0 Å². The lowest BCUT2D eigenvalue weighted by Gasteiger charge is -2.42. The molecule has 0 spiro atoms. The molecule has 0 aromatic heterocycles. The van der Waals surface area contributed by atoms with Crippen LogP contribution in [0.2, 0.25) is 5.02 Å². The zero-order valence-electron chi connectivity index (χ0n) is 11.1. The number of ketones is 1. The van der Waals surface area contributed by atoms with E-state index in [0.717, 1.165) is 31.0 Å². The van der Waals surface area contributed by atoms with Gasteiger partial charge in [0.05, 0.1) is 0 Å². The summed E-state index contributed by atoms with van der Waals surface area (Å²) in [5.41, 5.74) is 0.810. The van der Waals surface area contributed by atoms with Gasteiger partial charge in [-0.3, -0.25) is 9.69 Å². The number of halogens is 1. The molecule has 1 heterocycles. The molecule has 1 aromatic carbocycles. The fourth-order valence-electron chi connectivity index (χ4n) is 3.15. The SMILES string of the molecule is O=C(c1ccc(Cl)cc1)C1CCCN(C2CCC2)C1. The molecule has 1 saturated carbocycles. The smallest absolute Gasteiger partial charge is 0.167 e. The molecule has 1 atom stereocenters. The topological polar surface area (TPSA) is 20.3 Å². The Kier molecular flexibility index (Phi) is 3.90. The summed E-state index contributed by atoms with van der Waals surface area (Å²) in [4.78, 5) is 15.0. The summed E-state index contributed by atoms with van der Waals surface area (Å²) < 4.78 is 0. The number of piperidine rings is 1. The molecule has 102 valence electrons. The lowest BCUT2D eigenvalue weighted by Crippen LogP contribution is -2.47. The lowest BCUT2D eigenvalue weighted by molar-refractivity contribution is 0.0612. The predicted octanol–water partition coefficient (Wildman–Crippen LogP) is 3.79. The van der Waals surface area contributed by atoms with Crippen LogP contribution in [-0.2, 0) is 0 Å². The third-order valence-electron chi connectivity index (χ3n) is 4.54. The number of hydrogen-bond donors (Lipinski definition) is 0. The Bertz CT molecular complexity index is 452. The van der Waals surface area contributed by atoms with Gasteiger partial charge >= 0.3 is 0 Å². The molecule has 1 aliphatic carbocycles. The number of benzene rings is 1. The van der Waals surface area contributed by atoms with Crippen molar-refractivity contribution < 1.29 is 4.79 Å². The van der Waals surface area contributed by atoms with Crippen LogP contribution in [0, 0.1) is 5.92 Å². The van der Waals surface area contributed by atoms with Crippen LogP contribution < -0.4 is 0 Å². The molecule has 0 radical (unpaired) electrons. The summed E-state index contributed by atoms with van der Waals surface area (Å²) >= 11 is 5.87. The zero-order valence-corrected chi connectivity index (χ0v) is 11.9. The van der Waals surface area contributed by atoms with E-state index in [9.17, 15) is 4.79 Å². The molecular weight excluding hydrogens is 258 g/mol. The third-order valence-corrected chi connectivity index (χ3v) is 4.80. The third kappa shape index (κ3) is 2.85. The molecule has 0 bridgehead atoms. The summed E-state index contributed by atoms with van der Waals surface area (Å²) in [6.07, 6.45) is 6.19. The van der Waals surface area contributed by atoms with Gasteiger partial charge in [0.1, 0.15) is 0 Å². The van der Waals surface area contributed by atoms with Crippen LogP contribution in [0.1, 0.15) is 42.5 Å². The summed E-state index contributed by atoms with van der Waals surface area (Å²) in [5, 5.41) is 0.691. The second kappa shape index (κ2) is 5.64. The van der Waals surface area contributed by atoms with Crippen molar-refractivity contribution in [2.45, 2.75) is 38.1 Å². The van der Waals surface area contributed by atoms with E-state index in [2.05, 4.69) is 4.90 Å². The van der Waals surface area contributed by atoms with Gasteiger partial charge in [0, 0.05) is 29.1 Å². The number of carbonyl (C=O) groups excluding carboxylic acids is 1. The molecule has 1 saturated heterocycles. The van der Waals surface area contributed by atoms with Crippen LogP contribution in [0.25, 0.3) is 0 Å². The first-order valence-corrected chi connectivity index (χ1v) is 7.65. The highest BCUT2D eigenvalue weighted by Gasteiger charge is 2.32. The van der Waals surface area contributed by atoms with E-state index in [1.807, 2.05) is 12.1 Å². The second-order valence-electron chi connectivity index (χ2n) is 5.79. The highest BCUT2D eigenvalue weighted by Crippen LogP contribution is 2.30. The highest BCUT2D eigenvalue weighted by molar-refractivity contribution is 6.30. The fraction of sp³-hybridized carbons (Fsp3) is 0.562. The van der Waals surface area contributed by atoms with Crippen LogP contribution in [0.5, 0.6) is 0 Å². The molecule has 0 amide bonds. The van der Waals surface area contributed by atoms with Gasteiger partial charge in [-0.2, -0.15) is 0 Å². The largest absolute Gasteiger partial charge is 0.300 e. The minimum atomic E-state index is 0.176. The molecule has 3 rings (SSSR count). The van der Waals surface area contributed by atoms with Crippen molar-refractivity contribution in [3.05, 3.63) is 34.9 Å². The Morgan fingerprint density at radius 1 is 1.11 bits per heavy atom. The molecular formula is C16H20ClNO. The molecule has 0 N–H and O–H groups in total. The van der Waals surface area contributed by atoms with Crippen molar-refractivity contribution in [3.63, 3.8) is 0 Å². The van der Waals surface area contributed by atoms with E-state index in [-0.39, 0.29) is 5.92 Å². The quantitative estimate of drug-likeness (QED) is 0.784. The first-order chi connectivity index (χ1) is 9.24. The summed E-state index contributed by atoms with van der Waals surface area (Å²) in [6, 6.07) is 8.07. The molecule has 19 heavy (non-hydrogen) atoms. The van der Waals surface area contributed by atoms with Crippen molar-refractivity contribution in [2.75, 3.05) is 13.1 Å². The van der Waals surface area contributed by atoms with E-state index >= 15 is 0 Å². The van der Waals surface area contributed by atoms with E-state index in [1.54, 1.807) is 12.1 Å². The Hall–Kier alpha value is -0.860. The van der Waals surface area contributed by atoms with Gasteiger partial charge in [-0.25, -0.2) is 0 Å².